The first-order valence-corrected chi connectivity index (χ1v) is 6.78. The molecule has 2 N–H and O–H groups in total. The molecule has 0 aromatic heterocycles. The second kappa shape index (κ2) is 6.04. The highest BCUT2D eigenvalue weighted by Gasteiger charge is 2.09. The topological polar surface area (TPSA) is 58.2 Å². The van der Waals surface area contributed by atoms with Crippen molar-refractivity contribution in [2.45, 2.75) is 0 Å². The third kappa shape index (κ3) is 3.24. The highest BCUT2D eigenvalue weighted by atomic mass is 79.9. The minimum Gasteiger partial charge on any atom is -0.307 e. The van der Waals surface area contributed by atoms with Gasteiger partial charge in [-0.05, 0) is 17.5 Å². The number of amides is 3. The van der Waals surface area contributed by atoms with Gasteiger partial charge in [-0.3, -0.25) is 10.1 Å². The summed E-state index contributed by atoms with van der Waals surface area (Å²) in [6, 6.07) is 10.6. The summed E-state index contributed by atoms with van der Waals surface area (Å²) in [6.07, 6.45) is 0. The number of fused-ring (bicyclic) bond motifs is 1. The number of halogens is 2. The molecule has 4 nitrogen and oxygen atoms in total. The van der Waals surface area contributed by atoms with Crippen LogP contribution in [0.3, 0.4) is 0 Å². The predicted octanol–water partition coefficient (Wildman–Crippen LogP) is 3.49. The summed E-state index contributed by atoms with van der Waals surface area (Å²) in [5.74, 6) is -0.797. The van der Waals surface area contributed by atoms with Crippen LogP contribution in [0.4, 0.5) is 10.5 Å². The Bertz CT molecular complexity index is 646. The van der Waals surface area contributed by atoms with Crippen molar-refractivity contribution in [3.05, 3.63) is 40.9 Å². The van der Waals surface area contributed by atoms with Crippen LogP contribution in [0.1, 0.15) is 0 Å². The van der Waals surface area contributed by atoms with Crippen LogP contribution in [0.15, 0.2) is 40.9 Å². The number of benzene rings is 2. The van der Waals surface area contributed by atoms with E-state index < -0.39 is 11.9 Å². The van der Waals surface area contributed by atoms with Gasteiger partial charge in [-0.15, -0.1) is 11.6 Å². The molecule has 98 valence electrons. The molecule has 0 atom stereocenters. The van der Waals surface area contributed by atoms with Crippen LogP contribution >= 0.6 is 27.5 Å². The number of carbonyl (C=O) groups is 2. The lowest BCUT2D eigenvalue weighted by Gasteiger charge is -2.10. The molecule has 0 aliphatic carbocycles. The number of hydrogen-bond donors (Lipinski definition) is 2. The summed E-state index contributed by atoms with van der Waals surface area (Å²) < 4.78 is 0.936. The van der Waals surface area contributed by atoms with E-state index in [0.29, 0.717) is 5.69 Å². The highest BCUT2D eigenvalue weighted by Crippen LogP contribution is 2.29. The molecule has 3 amide bonds. The Balaban J connectivity index is 2.29. The molecule has 0 heterocycles. The maximum Gasteiger partial charge on any atom is 0.325 e. The van der Waals surface area contributed by atoms with Crippen LogP contribution in [0.25, 0.3) is 10.8 Å². The number of carbonyl (C=O) groups excluding carboxylic acids is 2. The van der Waals surface area contributed by atoms with Crippen molar-refractivity contribution in [1.29, 1.82) is 0 Å². The van der Waals surface area contributed by atoms with Crippen molar-refractivity contribution in [1.82, 2.24) is 5.32 Å². The van der Waals surface area contributed by atoms with Gasteiger partial charge in [0, 0.05) is 9.86 Å². The van der Waals surface area contributed by atoms with Crippen LogP contribution in [0.2, 0.25) is 0 Å². The molecule has 0 fully saturated rings. The molecule has 0 aliphatic rings. The fourth-order valence-electron chi connectivity index (χ4n) is 1.68. The molecule has 2 aromatic carbocycles. The Morgan fingerprint density at radius 3 is 2.47 bits per heavy atom. The monoisotopic (exact) mass is 340 g/mol. The molecule has 0 saturated carbocycles. The Morgan fingerprint density at radius 2 is 1.79 bits per heavy atom. The summed E-state index contributed by atoms with van der Waals surface area (Å²) in [4.78, 5) is 22.6. The van der Waals surface area contributed by atoms with Crippen molar-refractivity contribution in [3.63, 3.8) is 0 Å². The van der Waals surface area contributed by atoms with Crippen molar-refractivity contribution >= 4 is 55.9 Å². The SMILES string of the molecule is O=C(CCl)NC(=O)Nc1ccc(Br)c2ccccc12. The van der Waals surface area contributed by atoms with E-state index in [2.05, 4.69) is 26.6 Å². The van der Waals surface area contributed by atoms with Gasteiger partial charge in [0.05, 0.1) is 5.69 Å². The fraction of sp³-hybridized carbons (Fsp3) is 0.0769. The fourth-order valence-corrected chi connectivity index (χ4v) is 2.23. The Kier molecular flexibility index (Phi) is 4.39. The number of alkyl halides is 1. The zero-order chi connectivity index (χ0) is 13.8. The van der Waals surface area contributed by atoms with Crippen molar-refractivity contribution in [3.8, 4) is 0 Å². The van der Waals surface area contributed by atoms with Crippen molar-refractivity contribution in [2.75, 3.05) is 11.2 Å². The number of nitrogens with one attached hydrogen (secondary N) is 2. The van der Waals surface area contributed by atoms with Gasteiger partial charge < -0.3 is 5.32 Å². The molecule has 0 radical (unpaired) electrons. The molecule has 0 bridgehead atoms. The summed E-state index contributed by atoms with van der Waals surface area (Å²) in [5.41, 5.74) is 0.624. The Hall–Kier alpha value is -1.59. The van der Waals surface area contributed by atoms with Crippen LogP contribution in [0.5, 0.6) is 0 Å². The van der Waals surface area contributed by atoms with Crippen LogP contribution in [-0.4, -0.2) is 17.8 Å². The summed E-state index contributed by atoms with van der Waals surface area (Å²) >= 11 is 8.77. The average molecular weight is 342 g/mol. The predicted molar refractivity (Wildman–Crippen MR) is 79.5 cm³/mol. The molecule has 0 unspecified atom stereocenters. The van der Waals surface area contributed by atoms with Gasteiger partial charge in [0.15, 0.2) is 0 Å². The second-order valence-electron chi connectivity index (χ2n) is 3.78. The Labute approximate surface area is 123 Å². The number of rotatable bonds is 2. The van der Waals surface area contributed by atoms with E-state index in [4.69, 9.17) is 11.6 Å². The Morgan fingerprint density at radius 1 is 1.11 bits per heavy atom. The summed E-state index contributed by atoms with van der Waals surface area (Å²) in [6.45, 7) is 0. The lowest BCUT2D eigenvalue weighted by molar-refractivity contribution is -0.117. The summed E-state index contributed by atoms with van der Waals surface area (Å²) in [7, 11) is 0. The van der Waals surface area contributed by atoms with Crippen LogP contribution in [0, 0.1) is 0 Å². The van der Waals surface area contributed by atoms with E-state index in [9.17, 15) is 9.59 Å². The number of anilines is 1. The average Bonchev–Trinajstić information content (AvgIpc) is 2.42. The number of imide groups is 1. The van der Waals surface area contributed by atoms with Gasteiger partial charge in [0.1, 0.15) is 5.88 Å². The lowest BCUT2D eigenvalue weighted by atomic mass is 10.1. The van der Waals surface area contributed by atoms with Gasteiger partial charge in [-0.2, -0.15) is 0 Å². The quantitative estimate of drug-likeness (QED) is 0.822. The lowest BCUT2D eigenvalue weighted by Crippen LogP contribution is -2.35. The minimum atomic E-state index is -0.599. The molecule has 19 heavy (non-hydrogen) atoms. The third-order valence-electron chi connectivity index (χ3n) is 2.49. The minimum absolute atomic E-state index is 0.255. The van der Waals surface area contributed by atoms with E-state index in [1.807, 2.05) is 30.3 Å². The smallest absolute Gasteiger partial charge is 0.307 e. The molecule has 2 aromatic rings. The number of urea groups is 1. The molecule has 6 heteroatoms. The summed E-state index contributed by atoms with van der Waals surface area (Å²) in [5, 5.41) is 6.61. The standard InChI is InChI=1S/C13H10BrClN2O2/c14-10-5-6-11(9-4-2-1-3-8(9)10)16-13(19)17-12(18)7-15/h1-6H,7H2,(H2,16,17,18,19). The molecular formula is C13H10BrClN2O2. The van der Waals surface area contributed by atoms with Gasteiger partial charge in [-0.25, -0.2) is 4.79 Å². The normalized spacial score (nSPS) is 10.2. The van der Waals surface area contributed by atoms with E-state index in [-0.39, 0.29) is 5.88 Å². The van der Waals surface area contributed by atoms with E-state index in [1.54, 1.807) is 6.07 Å². The maximum absolute atomic E-state index is 11.6. The molecule has 0 saturated heterocycles. The van der Waals surface area contributed by atoms with Crippen LogP contribution in [-0.2, 0) is 4.79 Å². The van der Waals surface area contributed by atoms with E-state index in [1.165, 1.54) is 0 Å². The van der Waals surface area contributed by atoms with Crippen molar-refractivity contribution < 1.29 is 9.59 Å². The largest absolute Gasteiger partial charge is 0.325 e. The molecule has 0 aliphatic heterocycles. The van der Waals surface area contributed by atoms with Gasteiger partial charge in [0.25, 0.3) is 0 Å². The van der Waals surface area contributed by atoms with Gasteiger partial charge in [0.2, 0.25) is 5.91 Å². The first kappa shape index (κ1) is 13.8. The highest BCUT2D eigenvalue weighted by molar-refractivity contribution is 9.10. The molecule has 0 spiro atoms. The van der Waals surface area contributed by atoms with Crippen molar-refractivity contribution in [2.24, 2.45) is 0 Å². The zero-order valence-corrected chi connectivity index (χ0v) is 12.1. The first-order valence-electron chi connectivity index (χ1n) is 5.46. The maximum atomic E-state index is 11.6. The third-order valence-corrected chi connectivity index (χ3v) is 3.43. The molecule has 2 rings (SSSR count). The second-order valence-corrected chi connectivity index (χ2v) is 4.90. The van der Waals surface area contributed by atoms with E-state index >= 15 is 0 Å². The zero-order valence-electron chi connectivity index (χ0n) is 9.74. The molecular weight excluding hydrogens is 332 g/mol. The van der Waals surface area contributed by atoms with Gasteiger partial charge >= 0.3 is 6.03 Å². The van der Waals surface area contributed by atoms with Gasteiger partial charge in [-0.1, -0.05) is 40.2 Å². The van der Waals surface area contributed by atoms with E-state index in [0.717, 1.165) is 15.2 Å². The van der Waals surface area contributed by atoms with Crippen LogP contribution < -0.4 is 10.6 Å². The number of hydrogen-bond acceptors (Lipinski definition) is 2. The first-order chi connectivity index (χ1) is 9.11.